The molecule has 2 heterocycles. The van der Waals surface area contributed by atoms with Crippen LogP contribution < -0.4 is 5.56 Å². The van der Waals surface area contributed by atoms with Crippen molar-refractivity contribution in [3.63, 3.8) is 0 Å². The lowest BCUT2D eigenvalue weighted by molar-refractivity contribution is 0.542. The van der Waals surface area contributed by atoms with Crippen LogP contribution in [0.5, 0.6) is 0 Å². The zero-order chi connectivity index (χ0) is 11.2. The Morgan fingerprint density at radius 1 is 1.33 bits per heavy atom. The fraction of sp³-hybridized carbons (Fsp3) is 0.500. The Labute approximate surface area is 87.1 Å². The van der Waals surface area contributed by atoms with Crippen molar-refractivity contribution < 1.29 is 0 Å². The molecule has 0 aliphatic carbocycles. The van der Waals surface area contributed by atoms with Crippen molar-refractivity contribution in [3.8, 4) is 0 Å². The molecule has 0 fully saturated rings. The maximum atomic E-state index is 12.0. The minimum atomic E-state index is -0.287. The highest BCUT2D eigenvalue weighted by Crippen LogP contribution is 2.15. The van der Waals surface area contributed by atoms with Gasteiger partial charge in [-0.2, -0.15) is 4.52 Å². The molecule has 5 heteroatoms. The highest BCUT2D eigenvalue weighted by molar-refractivity contribution is 5.37. The lowest BCUT2D eigenvalue weighted by atomic mass is 9.93. The van der Waals surface area contributed by atoms with E-state index in [9.17, 15) is 4.79 Å². The van der Waals surface area contributed by atoms with Gasteiger partial charge in [-0.05, 0) is 6.92 Å². The molecule has 5 nitrogen and oxygen atoms in total. The van der Waals surface area contributed by atoms with Crippen molar-refractivity contribution in [2.24, 2.45) is 0 Å². The second kappa shape index (κ2) is 2.92. The number of hydrogen-bond acceptors (Lipinski definition) is 3. The van der Waals surface area contributed by atoms with Gasteiger partial charge in [0.05, 0.1) is 0 Å². The van der Waals surface area contributed by atoms with E-state index in [0.29, 0.717) is 11.3 Å². The largest absolute Gasteiger partial charge is 0.295 e. The molecule has 0 saturated carbocycles. The van der Waals surface area contributed by atoms with E-state index in [4.69, 9.17) is 0 Å². The van der Waals surface area contributed by atoms with Crippen LogP contribution in [0.3, 0.4) is 0 Å². The first kappa shape index (κ1) is 9.89. The summed E-state index contributed by atoms with van der Waals surface area (Å²) in [7, 11) is 0. The molecule has 0 saturated heterocycles. The van der Waals surface area contributed by atoms with Crippen molar-refractivity contribution in [3.05, 3.63) is 27.8 Å². The fourth-order valence-corrected chi connectivity index (χ4v) is 1.47. The zero-order valence-corrected chi connectivity index (χ0v) is 9.33. The number of nitrogens with zero attached hydrogens (tertiary/aromatic N) is 3. The molecular formula is C10H14N4O. The zero-order valence-electron chi connectivity index (χ0n) is 9.33. The third kappa shape index (κ3) is 1.54. The molecule has 2 rings (SSSR count). The van der Waals surface area contributed by atoms with E-state index in [1.54, 1.807) is 6.07 Å². The van der Waals surface area contributed by atoms with Gasteiger partial charge in [-0.25, -0.2) is 0 Å². The molecule has 0 aromatic carbocycles. The predicted octanol–water partition coefficient (Wildman–Crippen LogP) is 1.02. The van der Waals surface area contributed by atoms with Gasteiger partial charge in [0.15, 0.2) is 5.65 Å². The van der Waals surface area contributed by atoms with E-state index >= 15 is 0 Å². The standard InChI is InChI=1S/C10H14N4O/c1-6-5-7-11-12-8(10(2,3)4)9(15)14(7)13-6/h5,13H,1-4H3. The number of aromatic nitrogens is 4. The third-order valence-electron chi connectivity index (χ3n) is 2.23. The molecule has 0 amide bonds. The Morgan fingerprint density at radius 3 is 2.60 bits per heavy atom. The van der Waals surface area contributed by atoms with Gasteiger partial charge >= 0.3 is 0 Å². The summed E-state index contributed by atoms with van der Waals surface area (Å²) in [4.78, 5) is 12.0. The van der Waals surface area contributed by atoms with E-state index in [2.05, 4.69) is 15.3 Å². The number of aryl methyl sites for hydroxylation is 1. The van der Waals surface area contributed by atoms with Crippen LogP contribution >= 0.6 is 0 Å². The first-order chi connectivity index (χ1) is 6.89. The first-order valence-electron chi connectivity index (χ1n) is 4.85. The van der Waals surface area contributed by atoms with Gasteiger partial charge in [0.2, 0.25) is 0 Å². The van der Waals surface area contributed by atoms with Crippen molar-refractivity contribution in [2.45, 2.75) is 33.1 Å². The molecule has 0 aliphatic heterocycles. The number of hydrogen-bond donors (Lipinski definition) is 1. The summed E-state index contributed by atoms with van der Waals surface area (Å²) in [5, 5.41) is 10.9. The van der Waals surface area contributed by atoms with Gasteiger partial charge in [-0.1, -0.05) is 20.8 Å². The number of nitrogens with one attached hydrogen (secondary N) is 1. The third-order valence-corrected chi connectivity index (χ3v) is 2.23. The van der Waals surface area contributed by atoms with Crippen molar-refractivity contribution in [1.82, 2.24) is 19.8 Å². The van der Waals surface area contributed by atoms with E-state index in [0.717, 1.165) is 5.69 Å². The summed E-state index contributed by atoms with van der Waals surface area (Å²) in [6, 6.07) is 1.79. The van der Waals surface area contributed by atoms with Crippen molar-refractivity contribution >= 4 is 5.65 Å². The summed E-state index contributed by atoms with van der Waals surface area (Å²) in [5.41, 5.74) is 1.52. The summed E-state index contributed by atoms with van der Waals surface area (Å²) in [5.74, 6) is 0. The number of rotatable bonds is 0. The van der Waals surface area contributed by atoms with Crippen LogP contribution in [0.1, 0.15) is 32.2 Å². The highest BCUT2D eigenvalue weighted by Gasteiger charge is 2.21. The van der Waals surface area contributed by atoms with Gasteiger partial charge in [-0.3, -0.25) is 9.89 Å². The van der Waals surface area contributed by atoms with Crippen LogP contribution in [-0.2, 0) is 5.41 Å². The summed E-state index contributed by atoms with van der Waals surface area (Å²) < 4.78 is 1.43. The molecule has 2 aromatic heterocycles. The van der Waals surface area contributed by atoms with E-state index in [1.807, 2.05) is 27.7 Å². The predicted molar refractivity (Wildman–Crippen MR) is 57.0 cm³/mol. The van der Waals surface area contributed by atoms with Gasteiger partial charge in [0, 0.05) is 17.2 Å². The Hall–Kier alpha value is -1.65. The summed E-state index contributed by atoms with van der Waals surface area (Å²) in [6.45, 7) is 7.71. The number of aromatic amines is 1. The summed E-state index contributed by atoms with van der Waals surface area (Å²) in [6.07, 6.45) is 0. The first-order valence-corrected chi connectivity index (χ1v) is 4.85. The minimum absolute atomic E-state index is 0.124. The molecule has 2 aromatic rings. The van der Waals surface area contributed by atoms with Crippen LogP contribution in [-0.4, -0.2) is 19.8 Å². The van der Waals surface area contributed by atoms with E-state index < -0.39 is 0 Å². The van der Waals surface area contributed by atoms with Crippen LogP contribution in [0.2, 0.25) is 0 Å². The smallest absolute Gasteiger partial charge is 0.294 e. The number of H-pyrrole nitrogens is 1. The average Bonchev–Trinajstić information content (AvgIpc) is 2.44. The van der Waals surface area contributed by atoms with Gasteiger partial charge < -0.3 is 0 Å². The Bertz CT molecular complexity index is 559. The molecule has 0 bridgehead atoms. The van der Waals surface area contributed by atoms with Crippen LogP contribution in [0.4, 0.5) is 0 Å². The molecule has 0 radical (unpaired) electrons. The Morgan fingerprint density at radius 2 is 2.00 bits per heavy atom. The van der Waals surface area contributed by atoms with Crippen molar-refractivity contribution in [2.75, 3.05) is 0 Å². The SMILES string of the molecule is Cc1cc2nnc(C(C)(C)C)c(=O)n2[nH]1. The van der Waals surface area contributed by atoms with Crippen molar-refractivity contribution in [1.29, 1.82) is 0 Å². The van der Waals surface area contributed by atoms with Crippen LogP contribution in [0, 0.1) is 6.92 Å². The maximum Gasteiger partial charge on any atom is 0.295 e. The topological polar surface area (TPSA) is 63.1 Å². The molecule has 1 N–H and O–H groups in total. The van der Waals surface area contributed by atoms with Crippen LogP contribution in [0.25, 0.3) is 5.65 Å². The van der Waals surface area contributed by atoms with E-state index in [-0.39, 0.29) is 11.0 Å². The van der Waals surface area contributed by atoms with Gasteiger partial charge in [0.25, 0.3) is 5.56 Å². The summed E-state index contributed by atoms with van der Waals surface area (Å²) >= 11 is 0. The molecule has 0 unspecified atom stereocenters. The molecule has 15 heavy (non-hydrogen) atoms. The van der Waals surface area contributed by atoms with Gasteiger partial charge in [-0.15, -0.1) is 10.2 Å². The lowest BCUT2D eigenvalue weighted by Gasteiger charge is -2.14. The molecule has 0 aliphatic rings. The Balaban J connectivity index is 2.82. The molecule has 80 valence electrons. The molecule has 0 atom stereocenters. The molecule has 0 spiro atoms. The Kier molecular flexibility index (Phi) is 1.92. The minimum Gasteiger partial charge on any atom is -0.294 e. The molecular weight excluding hydrogens is 192 g/mol. The normalized spacial score (nSPS) is 12.3. The second-order valence-corrected chi connectivity index (χ2v) is 4.74. The average molecular weight is 206 g/mol. The lowest BCUT2D eigenvalue weighted by Crippen LogP contribution is -2.30. The maximum absolute atomic E-state index is 12.0. The second-order valence-electron chi connectivity index (χ2n) is 4.74. The quantitative estimate of drug-likeness (QED) is 0.700. The fourth-order valence-electron chi connectivity index (χ4n) is 1.47. The number of fused-ring (bicyclic) bond motifs is 1. The monoisotopic (exact) mass is 206 g/mol. The van der Waals surface area contributed by atoms with Gasteiger partial charge in [0.1, 0.15) is 5.69 Å². The highest BCUT2D eigenvalue weighted by atomic mass is 16.1. The van der Waals surface area contributed by atoms with Crippen LogP contribution in [0.15, 0.2) is 10.9 Å². The van der Waals surface area contributed by atoms with E-state index in [1.165, 1.54) is 4.52 Å².